The summed E-state index contributed by atoms with van der Waals surface area (Å²) in [6, 6.07) is 1.76. The van der Waals surface area contributed by atoms with Crippen LogP contribution in [0.15, 0.2) is 18.5 Å². The lowest BCUT2D eigenvalue weighted by atomic mass is 9.91. The highest BCUT2D eigenvalue weighted by atomic mass is 16.6. The molecule has 0 aromatic carbocycles. The highest BCUT2D eigenvalue weighted by molar-refractivity contribution is 6.08. The summed E-state index contributed by atoms with van der Waals surface area (Å²) in [5.74, 6) is -0.182. The number of H-pyrrole nitrogens is 1. The van der Waals surface area contributed by atoms with Gasteiger partial charge in [-0.25, -0.2) is 4.79 Å². The Morgan fingerprint density at radius 3 is 2.77 bits per heavy atom. The van der Waals surface area contributed by atoms with Crippen molar-refractivity contribution < 1.29 is 14.3 Å². The molecule has 0 bridgehead atoms. The molecule has 0 aliphatic carbocycles. The molecule has 2 aromatic rings. The first-order valence-electron chi connectivity index (χ1n) is 7.16. The fourth-order valence-corrected chi connectivity index (χ4v) is 2.42. The molecule has 1 aliphatic rings. The predicted octanol–water partition coefficient (Wildman–Crippen LogP) is 2.01. The smallest absolute Gasteiger partial charge is 0.410 e. The fraction of sp³-hybridized carbons (Fsp3) is 0.467. The van der Waals surface area contributed by atoms with Crippen molar-refractivity contribution in [3.8, 4) is 0 Å². The molecule has 0 saturated carbocycles. The monoisotopic (exact) mass is 302 g/mol. The summed E-state index contributed by atoms with van der Waals surface area (Å²) in [7, 11) is 0. The summed E-state index contributed by atoms with van der Waals surface area (Å²) in [6.07, 6.45) is 2.83. The van der Waals surface area contributed by atoms with Crippen LogP contribution in [0.5, 0.6) is 0 Å². The van der Waals surface area contributed by atoms with E-state index in [9.17, 15) is 9.59 Å². The van der Waals surface area contributed by atoms with Crippen LogP contribution >= 0.6 is 0 Å². The minimum Gasteiger partial charge on any atom is -0.444 e. The van der Waals surface area contributed by atoms with Crippen molar-refractivity contribution in [2.45, 2.75) is 26.4 Å². The Labute approximate surface area is 127 Å². The van der Waals surface area contributed by atoms with E-state index in [1.807, 2.05) is 20.8 Å². The van der Waals surface area contributed by atoms with E-state index in [4.69, 9.17) is 4.74 Å². The quantitative estimate of drug-likeness (QED) is 0.857. The van der Waals surface area contributed by atoms with Crippen molar-refractivity contribution in [2.75, 3.05) is 13.1 Å². The van der Waals surface area contributed by atoms with E-state index in [2.05, 4.69) is 15.2 Å². The third-order valence-electron chi connectivity index (χ3n) is 3.53. The molecule has 0 atom stereocenters. The van der Waals surface area contributed by atoms with Crippen molar-refractivity contribution in [1.29, 1.82) is 0 Å². The van der Waals surface area contributed by atoms with Crippen LogP contribution in [0.1, 0.15) is 31.1 Å². The third kappa shape index (κ3) is 2.66. The Balaban J connectivity index is 1.66. The normalized spacial score (nSPS) is 15.7. The van der Waals surface area contributed by atoms with Gasteiger partial charge >= 0.3 is 6.09 Å². The van der Waals surface area contributed by atoms with Gasteiger partial charge in [0, 0.05) is 30.2 Å². The lowest BCUT2D eigenvalue weighted by Gasteiger charge is -2.38. The van der Waals surface area contributed by atoms with Gasteiger partial charge in [0.1, 0.15) is 5.60 Å². The molecule has 1 saturated heterocycles. The van der Waals surface area contributed by atoms with Crippen molar-refractivity contribution in [1.82, 2.24) is 20.1 Å². The van der Waals surface area contributed by atoms with Crippen molar-refractivity contribution >= 4 is 22.9 Å². The Morgan fingerprint density at radius 1 is 1.36 bits per heavy atom. The van der Waals surface area contributed by atoms with Gasteiger partial charge in [0.15, 0.2) is 11.4 Å². The Bertz CT molecular complexity index is 726. The molecule has 7 heteroatoms. The van der Waals surface area contributed by atoms with Gasteiger partial charge in [-0.3, -0.25) is 4.79 Å². The molecule has 22 heavy (non-hydrogen) atoms. The molecule has 3 rings (SSSR count). The van der Waals surface area contributed by atoms with E-state index in [0.29, 0.717) is 24.3 Å². The molecule has 1 N–H and O–H groups in total. The molecule has 0 radical (unpaired) electrons. The highest BCUT2D eigenvalue weighted by Gasteiger charge is 2.38. The molecule has 1 aliphatic heterocycles. The zero-order chi connectivity index (χ0) is 15.9. The van der Waals surface area contributed by atoms with Crippen LogP contribution in [0.4, 0.5) is 4.79 Å². The second-order valence-electron chi connectivity index (χ2n) is 6.44. The second-order valence-corrected chi connectivity index (χ2v) is 6.44. The lowest BCUT2D eigenvalue weighted by Crippen LogP contribution is -2.54. The number of carbonyl (C=O) groups is 2. The molecule has 7 nitrogen and oxygen atoms in total. The maximum Gasteiger partial charge on any atom is 0.410 e. The largest absolute Gasteiger partial charge is 0.444 e. The Morgan fingerprint density at radius 2 is 2.09 bits per heavy atom. The van der Waals surface area contributed by atoms with Crippen LogP contribution in [0.2, 0.25) is 0 Å². The Kier molecular flexibility index (Phi) is 3.35. The number of aromatic nitrogens is 3. The van der Waals surface area contributed by atoms with Crippen LogP contribution in [0.25, 0.3) is 11.0 Å². The van der Waals surface area contributed by atoms with Gasteiger partial charge in [-0.1, -0.05) is 0 Å². The van der Waals surface area contributed by atoms with Gasteiger partial charge in [-0.2, -0.15) is 5.10 Å². The number of nitrogens with one attached hydrogen (secondary N) is 1. The van der Waals surface area contributed by atoms with E-state index in [-0.39, 0.29) is 17.8 Å². The van der Waals surface area contributed by atoms with E-state index < -0.39 is 5.60 Å². The molecular weight excluding hydrogens is 284 g/mol. The molecule has 2 aromatic heterocycles. The van der Waals surface area contributed by atoms with E-state index in [1.54, 1.807) is 23.4 Å². The number of fused-ring (bicyclic) bond motifs is 1. The van der Waals surface area contributed by atoms with Crippen molar-refractivity contribution in [2.24, 2.45) is 5.92 Å². The summed E-state index contributed by atoms with van der Waals surface area (Å²) < 4.78 is 5.28. The number of likely N-dealkylation sites (tertiary alicyclic amines) is 1. The summed E-state index contributed by atoms with van der Waals surface area (Å²) in [5.41, 5.74) is 0.662. The average molecular weight is 302 g/mol. The number of hydrogen-bond acceptors (Lipinski definition) is 5. The SMILES string of the molecule is CC(C)(C)OC(=O)N1CC(C(=O)c2c[nH]c3nnccc23)C1. The number of Topliss-reactive ketones (excluding diaryl/α,β-unsaturated/α-hetero) is 1. The summed E-state index contributed by atoms with van der Waals surface area (Å²) in [6.45, 7) is 6.23. The number of carbonyl (C=O) groups excluding carboxylic acids is 2. The fourth-order valence-electron chi connectivity index (χ4n) is 2.42. The number of amides is 1. The summed E-state index contributed by atoms with van der Waals surface area (Å²) >= 11 is 0. The number of ether oxygens (including phenoxy) is 1. The number of nitrogens with zero attached hydrogens (tertiary/aromatic N) is 3. The standard InChI is InChI=1S/C15H18N4O3/c1-15(2,3)22-14(21)19-7-9(8-19)12(20)11-6-16-13-10(11)4-5-17-18-13/h4-6,9H,7-8H2,1-3H3,(H,16,18). The Hall–Kier alpha value is -2.44. The maximum absolute atomic E-state index is 12.5. The zero-order valence-corrected chi connectivity index (χ0v) is 12.8. The van der Waals surface area contributed by atoms with Gasteiger partial charge in [0.2, 0.25) is 0 Å². The number of ketones is 1. The van der Waals surface area contributed by atoms with E-state index >= 15 is 0 Å². The van der Waals surface area contributed by atoms with E-state index in [0.717, 1.165) is 5.39 Å². The van der Waals surface area contributed by atoms with Gasteiger partial charge in [-0.15, -0.1) is 5.10 Å². The van der Waals surface area contributed by atoms with Gasteiger partial charge < -0.3 is 14.6 Å². The number of rotatable bonds is 2. The molecule has 0 unspecified atom stereocenters. The van der Waals surface area contributed by atoms with Gasteiger partial charge in [0.25, 0.3) is 0 Å². The first-order valence-corrected chi connectivity index (χ1v) is 7.16. The average Bonchev–Trinajstić information content (AvgIpc) is 2.78. The molecule has 3 heterocycles. The van der Waals surface area contributed by atoms with Crippen LogP contribution in [0, 0.1) is 5.92 Å². The molecule has 0 spiro atoms. The van der Waals surface area contributed by atoms with Gasteiger partial charge in [-0.05, 0) is 26.8 Å². The first-order chi connectivity index (χ1) is 10.3. The lowest BCUT2D eigenvalue weighted by molar-refractivity contribution is 0.00152. The first kappa shape index (κ1) is 14.5. The molecule has 1 amide bonds. The van der Waals surface area contributed by atoms with Crippen LogP contribution in [-0.4, -0.2) is 50.6 Å². The number of aromatic amines is 1. The van der Waals surface area contributed by atoms with Crippen molar-refractivity contribution in [3.63, 3.8) is 0 Å². The zero-order valence-electron chi connectivity index (χ0n) is 12.8. The minimum absolute atomic E-state index is 0.0130. The van der Waals surface area contributed by atoms with Crippen LogP contribution in [-0.2, 0) is 4.74 Å². The predicted molar refractivity (Wildman–Crippen MR) is 79.5 cm³/mol. The van der Waals surface area contributed by atoms with Crippen LogP contribution in [0.3, 0.4) is 0 Å². The number of hydrogen-bond donors (Lipinski definition) is 1. The molecule has 1 fully saturated rings. The van der Waals surface area contributed by atoms with Crippen molar-refractivity contribution in [3.05, 3.63) is 24.0 Å². The highest BCUT2D eigenvalue weighted by Crippen LogP contribution is 2.25. The van der Waals surface area contributed by atoms with Gasteiger partial charge in [0.05, 0.1) is 12.1 Å². The van der Waals surface area contributed by atoms with Crippen LogP contribution < -0.4 is 0 Å². The van der Waals surface area contributed by atoms with E-state index in [1.165, 1.54) is 0 Å². The second kappa shape index (κ2) is 5.08. The summed E-state index contributed by atoms with van der Waals surface area (Å²) in [4.78, 5) is 28.9. The topological polar surface area (TPSA) is 88.2 Å². The molecular formula is C15H18N4O3. The maximum atomic E-state index is 12.5. The third-order valence-corrected chi connectivity index (χ3v) is 3.53. The summed E-state index contributed by atoms with van der Waals surface area (Å²) in [5, 5.41) is 8.46. The molecule has 116 valence electrons. The minimum atomic E-state index is -0.526.